The molecule has 0 aliphatic rings. The average molecular weight is 256 g/mol. The minimum absolute atomic E-state index is 0.191. The number of carbonyl (C=O) groups is 2. The van der Waals surface area contributed by atoms with Crippen LogP contribution in [0.1, 0.15) is 23.4 Å². The van der Waals surface area contributed by atoms with Crippen molar-refractivity contribution in [3.8, 4) is 0 Å². The molecular weight excluding hydrogens is 240 g/mol. The summed E-state index contributed by atoms with van der Waals surface area (Å²) in [6, 6.07) is 2.10. The van der Waals surface area contributed by atoms with E-state index in [-0.39, 0.29) is 12.6 Å². The summed E-state index contributed by atoms with van der Waals surface area (Å²) < 4.78 is 4.52. The van der Waals surface area contributed by atoms with Gasteiger partial charge < -0.3 is 10.1 Å². The van der Waals surface area contributed by atoms with Crippen LogP contribution in [-0.2, 0) is 16.1 Å². The van der Waals surface area contributed by atoms with Gasteiger partial charge in [-0.2, -0.15) is 0 Å². The van der Waals surface area contributed by atoms with Crippen LogP contribution in [0.2, 0.25) is 0 Å². The number of thiophene rings is 1. The summed E-state index contributed by atoms with van der Waals surface area (Å²) in [6.07, 6.45) is -0.161. The smallest absolute Gasteiger partial charge is 0.416 e. The molecule has 1 aromatic rings. The Bertz CT molecular complexity index is 392. The minimum Gasteiger partial charge on any atom is -0.452 e. The number of methoxy groups -OCH3 is 1. The molecule has 0 saturated carbocycles. The molecule has 0 saturated heterocycles. The van der Waals surface area contributed by atoms with Crippen LogP contribution in [0, 0.1) is 0 Å². The fourth-order valence-corrected chi connectivity index (χ4v) is 2.42. The van der Waals surface area contributed by atoms with Gasteiger partial charge in [0, 0.05) is 10.9 Å². The van der Waals surface area contributed by atoms with E-state index in [4.69, 9.17) is 0 Å². The van der Waals surface area contributed by atoms with Crippen molar-refractivity contribution < 1.29 is 14.3 Å². The largest absolute Gasteiger partial charge is 0.452 e. The van der Waals surface area contributed by atoms with Crippen LogP contribution in [0.15, 0.2) is 11.4 Å². The second-order valence-electron chi connectivity index (χ2n) is 3.52. The Hall–Kier alpha value is -1.40. The van der Waals surface area contributed by atoms with E-state index in [1.54, 1.807) is 11.3 Å². The molecule has 0 aliphatic carbocycles. The highest BCUT2D eigenvalue weighted by molar-refractivity contribution is 7.10. The predicted octanol–water partition coefficient (Wildman–Crippen LogP) is 1.75. The van der Waals surface area contributed by atoms with E-state index in [2.05, 4.69) is 10.1 Å². The van der Waals surface area contributed by atoms with Gasteiger partial charge in [-0.15, -0.1) is 11.3 Å². The Balaban J connectivity index is 2.83. The molecule has 0 bridgehead atoms. The van der Waals surface area contributed by atoms with Crippen molar-refractivity contribution >= 4 is 23.8 Å². The molecule has 1 atom stereocenters. The molecule has 1 rings (SSSR count). The molecule has 0 aromatic carbocycles. The summed E-state index contributed by atoms with van der Waals surface area (Å²) in [6.45, 7) is 2.26. The zero-order valence-electron chi connectivity index (χ0n) is 10.1. The molecule has 1 unspecified atom stereocenters. The molecule has 1 heterocycles. The van der Waals surface area contributed by atoms with E-state index < -0.39 is 6.09 Å². The molecule has 94 valence electrons. The number of ether oxygens (including phenoxy) is 1. The third-order valence-corrected chi connectivity index (χ3v) is 3.63. The van der Waals surface area contributed by atoms with E-state index in [1.165, 1.54) is 7.11 Å². The lowest BCUT2D eigenvalue weighted by molar-refractivity contribution is -0.117. The first-order valence-corrected chi connectivity index (χ1v) is 6.05. The van der Waals surface area contributed by atoms with E-state index in [9.17, 15) is 9.59 Å². The fraction of sp³-hybridized carbons (Fsp3) is 0.455. The molecule has 17 heavy (non-hydrogen) atoms. The second-order valence-corrected chi connectivity index (χ2v) is 4.47. The lowest BCUT2D eigenvalue weighted by Crippen LogP contribution is -2.29. The highest BCUT2D eigenvalue weighted by Crippen LogP contribution is 2.25. The summed E-state index contributed by atoms with van der Waals surface area (Å²) in [4.78, 5) is 24.2. The zero-order chi connectivity index (χ0) is 12.8. The van der Waals surface area contributed by atoms with Crippen LogP contribution in [0.25, 0.3) is 0 Å². The van der Waals surface area contributed by atoms with Gasteiger partial charge in [-0.1, -0.05) is 0 Å². The van der Waals surface area contributed by atoms with Gasteiger partial charge in [0.25, 0.3) is 0 Å². The van der Waals surface area contributed by atoms with Crippen molar-refractivity contribution in [3.05, 3.63) is 21.9 Å². The zero-order valence-corrected chi connectivity index (χ0v) is 10.9. The van der Waals surface area contributed by atoms with Crippen LogP contribution in [0.3, 0.4) is 0 Å². The number of rotatable bonds is 5. The maximum Gasteiger partial charge on any atom is 0.416 e. The third kappa shape index (κ3) is 3.28. The molecule has 6 heteroatoms. The van der Waals surface area contributed by atoms with Crippen molar-refractivity contribution in [2.75, 3.05) is 14.2 Å². The summed E-state index contributed by atoms with van der Waals surface area (Å²) in [5.41, 5.74) is 0.953. The molecule has 0 radical (unpaired) electrons. The van der Waals surface area contributed by atoms with Gasteiger partial charge in [-0.05, 0) is 31.0 Å². The standard InChI is InChI=1S/C11H16N2O3S/c1-8(12-2)10-9(4-5-17-10)6-13(7-14)11(15)16-3/h4-5,7-8,12H,6H2,1-3H3. The molecule has 2 amide bonds. The number of amides is 2. The van der Waals surface area contributed by atoms with E-state index in [1.807, 2.05) is 25.4 Å². The fourth-order valence-electron chi connectivity index (χ4n) is 1.43. The first kappa shape index (κ1) is 13.7. The first-order valence-electron chi connectivity index (χ1n) is 5.17. The number of imide groups is 1. The topological polar surface area (TPSA) is 58.6 Å². The maximum absolute atomic E-state index is 11.3. The average Bonchev–Trinajstić information content (AvgIpc) is 2.82. The van der Waals surface area contributed by atoms with Gasteiger partial charge in [-0.3, -0.25) is 4.79 Å². The van der Waals surface area contributed by atoms with Gasteiger partial charge in [0.2, 0.25) is 6.41 Å². The van der Waals surface area contributed by atoms with Crippen molar-refractivity contribution in [1.82, 2.24) is 10.2 Å². The number of nitrogens with one attached hydrogen (secondary N) is 1. The highest BCUT2D eigenvalue weighted by Gasteiger charge is 2.17. The monoisotopic (exact) mass is 256 g/mol. The van der Waals surface area contributed by atoms with Crippen LogP contribution < -0.4 is 5.32 Å². The van der Waals surface area contributed by atoms with Crippen molar-refractivity contribution in [1.29, 1.82) is 0 Å². The Labute approximate surface area is 104 Å². The van der Waals surface area contributed by atoms with Crippen molar-refractivity contribution in [2.24, 2.45) is 0 Å². The molecule has 5 nitrogen and oxygen atoms in total. The first-order chi connectivity index (χ1) is 8.13. The van der Waals surface area contributed by atoms with Crippen LogP contribution in [0.5, 0.6) is 0 Å². The summed E-state index contributed by atoms with van der Waals surface area (Å²) >= 11 is 1.60. The highest BCUT2D eigenvalue weighted by atomic mass is 32.1. The van der Waals surface area contributed by atoms with E-state index in [0.29, 0.717) is 6.41 Å². The lowest BCUT2D eigenvalue weighted by Gasteiger charge is -2.16. The quantitative estimate of drug-likeness (QED) is 0.815. The number of hydrogen-bond acceptors (Lipinski definition) is 5. The van der Waals surface area contributed by atoms with Crippen LogP contribution >= 0.6 is 11.3 Å². The number of carbonyl (C=O) groups excluding carboxylic acids is 2. The second kappa shape index (κ2) is 6.36. The van der Waals surface area contributed by atoms with Crippen LogP contribution in [0.4, 0.5) is 4.79 Å². The van der Waals surface area contributed by atoms with E-state index >= 15 is 0 Å². The molecule has 1 N–H and O–H groups in total. The Morgan fingerprint density at radius 1 is 1.71 bits per heavy atom. The van der Waals surface area contributed by atoms with Gasteiger partial charge in [0.05, 0.1) is 13.7 Å². The number of nitrogens with zero attached hydrogens (tertiary/aromatic N) is 1. The molecule has 0 aliphatic heterocycles. The summed E-state index contributed by atoms with van der Waals surface area (Å²) in [7, 11) is 3.12. The Morgan fingerprint density at radius 3 is 2.94 bits per heavy atom. The van der Waals surface area contributed by atoms with Crippen molar-refractivity contribution in [3.63, 3.8) is 0 Å². The number of hydrogen-bond donors (Lipinski definition) is 1. The Kier molecular flexibility index (Phi) is 5.11. The van der Waals surface area contributed by atoms with Crippen LogP contribution in [-0.4, -0.2) is 31.6 Å². The molecule has 1 aromatic heterocycles. The van der Waals surface area contributed by atoms with Crippen molar-refractivity contribution in [2.45, 2.75) is 19.5 Å². The predicted molar refractivity (Wildman–Crippen MR) is 65.8 cm³/mol. The Morgan fingerprint density at radius 2 is 2.41 bits per heavy atom. The van der Waals surface area contributed by atoms with Gasteiger partial charge in [0.1, 0.15) is 0 Å². The summed E-state index contributed by atoms with van der Waals surface area (Å²) in [5, 5.41) is 5.07. The molecule has 0 spiro atoms. The molecular formula is C11H16N2O3S. The molecule has 0 fully saturated rings. The minimum atomic E-state index is -0.644. The SMILES string of the molecule is CNC(C)c1sccc1CN(C=O)C(=O)OC. The van der Waals surface area contributed by atoms with Gasteiger partial charge in [-0.25, -0.2) is 9.69 Å². The van der Waals surface area contributed by atoms with Gasteiger partial charge >= 0.3 is 6.09 Å². The normalized spacial score (nSPS) is 11.9. The summed E-state index contributed by atoms with van der Waals surface area (Å²) in [5.74, 6) is 0. The van der Waals surface area contributed by atoms with E-state index in [0.717, 1.165) is 15.3 Å². The lowest BCUT2D eigenvalue weighted by atomic mass is 10.1. The maximum atomic E-state index is 11.3. The third-order valence-electron chi connectivity index (χ3n) is 2.48. The van der Waals surface area contributed by atoms with Gasteiger partial charge in [0.15, 0.2) is 0 Å².